The largest absolute Gasteiger partial charge is 0.320 e. The van der Waals surface area contributed by atoms with Crippen molar-refractivity contribution in [3.05, 3.63) is 47.0 Å². The van der Waals surface area contributed by atoms with Crippen LogP contribution < -0.4 is 5.73 Å². The van der Waals surface area contributed by atoms with E-state index >= 15 is 0 Å². The summed E-state index contributed by atoms with van der Waals surface area (Å²) in [6, 6.07) is 4.26. The number of aryl methyl sites for hydroxylation is 3. The van der Waals surface area contributed by atoms with Gasteiger partial charge in [0.05, 0.1) is 22.9 Å². The fourth-order valence-electron chi connectivity index (χ4n) is 3.29. The van der Waals surface area contributed by atoms with Crippen LogP contribution in [0.1, 0.15) is 35.9 Å². The molecule has 3 heterocycles. The van der Waals surface area contributed by atoms with E-state index in [2.05, 4.69) is 35.6 Å². The van der Waals surface area contributed by atoms with Gasteiger partial charge < -0.3 is 5.73 Å². The molecule has 1 aliphatic carbocycles. The zero-order valence-electron chi connectivity index (χ0n) is 13.0. The van der Waals surface area contributed by atoms with Crippen LogP contribution in [0.25, 0.3) is 5.52 Å². The minimum Gasteiger partial charge on any atom is -0.320 e. The Morgan fingerprint density at radius 3 is 2.95 bits per heavy atom. The monoisotopic (exact) mass is 296 g/mol. The summed E-state index contributed by atoms with van der Waals surface area (Å²) >= 11 is 0. The lowest BCUT2D eigenvalue weighted by molar-refractivity contribution is 0.373. The number of hydrogen-bond acceptors (Lipinski definition) is 4. The minimum atomic E-state index is -0.450. The van der Waals surface area contributed by atoms with Gasteiger partial charge in [-0.2, -0.15) is 5.10 Å². The van der Waals surface area contributed by atoms with Crippen molar-refractivity contribution in [2.24, 2.45) is 5.73 Å². The Morgan fingerprint density at radius 1 is 1.32 bits per heavy atom. The molecule has 1 atom stereocenters. The van der Waals surface area contributed by atoms with E-state index in [1.165, 1.54) is 11.1 Å². The molecule has 22 heavy (non-hydrogen) atoms. The molecule has 6 heteroatoms. The van der Waals surface area contributed by atoms with Crippen LogP contribution in [0.2, 0.25) is 0 Å². The van der Waals surface area contributed by atoms with E-state index < -0.39 is 5.54 Å². The van der Waals surface area contributed by atoms with Gasteiger partial charge in [-0.25, -0.2) is 4.52 Å². The number of nitrogens with two attached hydrogens (primary N) is 1. The predicted octanol–water partition coefficient (Wildman–Crippen LogP) is 1.60. The average Bonchev–Trinajstić information content (AvgIpc) is 3.11. The van der Waals surface area contributed by atoms with Crippen LogP contribution in [-0.4, -0.2) is 24.6 Å². The molecule has 3 aromatic rings. The van der Waals surface area contributed by atoms with Crippen LogP contribution in [0.5, 0.6) is 0 Å². The van der Waals surface area contributed by atoms with Gasteiger partial charge in [-0.1, -0.05) is 11.3 Å². The summed E-state index contributed by atoms with van der Waals surface area (Å²) in [4.78, 5) is 0. The van der Waals surface area contributed by atoms with Gasteiger partial charge in [0.25, 0.3) is 0 Å². The van der Waals surface area contributed by atoms with Crippen molar-refractivity contribution in [1.29, 1.82) is 0 Å². The molecule has 0 aromatic carbocycles. The molecule has 4 rings (SSSR count). The summed E-state index contributed by atoms with van der Waals surface area (Å²) in [6.45, 7) is 4.94. The van der Waals surface area contributed by atoms with Crippen molar-refractivity contribution in [1.82, 2.24) is 24.6 Å². The second-order valence-corrected chi connectivity index (χ2v) is 6.25. The Labute approximate surface area is 128 Å². The fraction of sp³-hybridized carbons (Fsp3) is 0.438. The summed E-state index contributed by atoms with van der Waals surface area (Å²) in [6.07, 6.45) is 6.54. The lowest BCUT2D eigenvalue weighted by Gasteiger charge is -2.30. The van der Waals surface area contributed by atoms with Crippen LogP contribution in [0, 0.1) is 6.92 Å². The fourth-order valence-corrected chi connectivity index (χ4v) is 3.29. The third-order valence-electron chi connectivity index (χ3n) is 4.64. The number of hydrogen-bond donors (Lipinski definition) is 1. The molecule has 1 aliphatic rings. The van der Waals surface area contributed by atoms with E-state index in [1.807, 2.05) is 22.3 Å². The smallest absolute Gasteiger partial charge is 0.103 e. The van der Waals surface area contributed by atoms with Crippen LogP contribution in [0.15, 0.2) is 24.5 Å². The van der Waals surface area contributed by atoms with Crippen LogP contribution in [0.4, 0.5) is 0 Å². The molecule has 0 radical (unpaired) electrons. The quantitative estimate of drug-likeness (QED) is 0.779. The lowest BCUT2D eigenvalue weighted by atomic mass is 9.79. The molecule has 0 saturated carbocycles. The second kappa shape index (κ2) is 4.64. The Hall–Kier alpha value is -2.21. The summed E-state index contributed by atoms with van der Waals surface area (Å²) in [5, 5.41) is 13.1. The summed E-state index contributed by atoms with van der Waals surface area (Å²) < 4.78 is 3.81. The van der Waals surface area contributed by atoms with Crippen molar-refractivity contribution in [3.63, 3.8) is 0 Å². The molecular weight excluding hydrogens is 276 g/mol. The molecule has 0 bridgehead atoms. The van der Waals surface area contributed by atoms with Gasteiger partial charge in [-0.3, -0.25) is 4.68 Å². The first kappa shape index (κ1) is 13.5. The van der Waals surface area contributed by atoms with Crippen LogP contribution >= 0.6 is 0 Å². The zero-order chi connectivity index (χ0) is 15.3. The minimum absolute atomic E-state index is 0.450. The molecule has 0 aliphatic heterocycles. The highest BCUT2D eigenvalue weighted by atomic mass is 15.4. The van der Waals surface area contributed by atoms with E-state index in [0.29, 0.717) is 0 Å². The van der Waals surface area contributed by atoms with Gasteiger partial charge in [-0.05, 0) is 38.3 Å². The van der Waals surface area contributed by atoms with E-state index in [-0.39, 0.29) is 0 Å². The first-order valence-corrected chi connectivity index (χ1v) is 7.75. The van der Waals surface area contributed by atoms with Gasteiger partial charge in [0.1, 0.15) is 5.69 Å². The Balaban J connectivity index is 1.78. The van der Waals surface area contributed by atoms with Crippen molar-refractivity contribution in [2.45, 2.75) is 45.2 Å². The van der Waals surface area contributed by atoms with E-state index in [1.54, 1.807) is 0 Å². The first-order chi connectivity index (χ1) is 10.6. The summed E-state index contributed by atoms with van der Waals surface area (Å²) in [7, 11) is 0. The molecule has 2 N–H and O–H groups in total. The molecule has 0 saturated heterocycles. The van der Waals surface area contributed by atoms with Crippen molar-refractivity contribution in [3.8, 4) is 0 Å². The summed E-state index contributed by atoms with van der Waals surface area (Å²) in [5.74, 6) is 0. The topological polar surface area (TPSA) is 74.0 Å². The molecule has 6 nitrogen and oxygen atoms in total. The van der Waals surface area contributed by atoms with Gasteiger partial charge in [0, 0.05) is 24.7 Å². The van der Waals surface area contributed by atoms with Crippen molar-refractivity contribution in [2.75, 3.05) is 0 Å². The van der Waals surface area contributed by atoms with E-state index in [9.17, 15) is 0 Å². The Bertz CT molecular complexity index is 846. The van der Waals surface area contributed by atoms with Gasteiger partial charge >= 0.3 is 0 Å². The average molecular weight is 296 g/mol. The molecular formula is C16H20N6. The highest BCUT2D eigenvalue weighted by Crippen LogP contribution is 2.35. The standard InChI is InChI=1S/C16H20N6/c1-3-21-10-15(18-20-21)16(17)7-6-13-12(8-16)14-5-4-11(2)9-22(14)19-13/h4-5,9-10H,3,6-8,17H2,1-2H3. The Kier molecular flexibility index (Phi) is 2.84. The normalized spacial score (nSPS) is 21.2. The molecule has 3 aromatic heterocycles. The van der Waals surface area contributed by atoms with Gasteiger partial charge in [0.2, 0.25) is 0 Å². The number of pyridine rings is 1. The summed E-state index contributed by atoms with van der Waals surface area (Å²) in [5.41, 5.74) is 11.9. The van der Waals surface area contributed by atoms with Gasteiger partial charge in [0.15, 0.2) is 0 Å². The van der Waals surface area contributed by atoms with Gasteiger partial charge in [-0.15, -0.1) is 5.10 Å². The number of aromatic nitrogens is 5. The second-order valence-electron chi connectivity index (χ2n) is 6.25. The lowest BCUT2D eigenvalue weighted by Crippen LogP contribution is -2.42. The molecule has 1 unspecified atom stereocenters. The molecule has 0 amide bonds. The highest BCUT2D eigenvalue weighted by Gasteiger charge is 2.37. The van der Waals surface area contributed by atoms with E-state index in [4.69, 9.17) is 10.8 Å². The third-order valence-corrected chi connectivity index (χ3v) is 4.64. The van der Waals surface area contributed by atoms with E-state index in [0.717, 1.165) is 42.7 Å². The SMILES string of the molecule is CCn1cc(C2(N)CCc3nn4cc(C)ccc4c3C2)nn1. The van der Waals surface area contributed by atoms with Crippen molar-refractivity contribution < 1.29 is 0 Å². The number of rotatable bonds is 2. The highest BCUT2D eigenvalue weighted by molar-refractivity contribution is 5.58. The van der Waals surface area contributed by atoms with Crippen LogP contribution in [-0.2, 0) is 24.9 Å². The zero-order valence-corrected chi connectivity index (χ0v) is 13.0. The number of nitrogens with zero attached hydrogens (tertiary/aromatic N) is 5. The number of fused-ring (bicyclic) bond motifs is 3. The van der Waals surface area contributed by atoms with Crippen LogP contribution in [0.3, 0.4) is 0 Å². The predicted molar refractivity (Wildman–Crippen MR) is 83.5 cm³/mol. The molecule has 0 fully saturated rings. The maximum absolute atomic E-state index is 6.69. The molecule has 114 valence electrons. The Morgan fingerprint density at radius 2 is 2.18 bits per heavy atom. The first-order valence-electron chi connectivity index (χ1n) is 7.75. The maximum atomic E-state index is 6.69. The van der Waals surface area contributed by atoms with Crippen molar-refractivity contribution >= 4 is 5.52 Å². The third kappa shape index (κ3) is 1.94. The maximum Gasteiger partial charge on any atom is 0.103 e. The molecule has 0 spiro atoms.